The van der Waals surface area contributed by atoms with Crippen LogP contribution in [0.5, 0.6) is 0 Å². The molecule has 0 saturated heterocycles. The van der Waals surface area contributed by atoms with Crippen molar-refractivity contribution < 1.29 is 14.1 Å². The Morgan fingerprint density at radius 3 is 2.56 bits per heavy atom. The maximum Gasteiger partial charge on any atom is 0.273 e. The van der Waals surface area contributed by atoms with Crippen molar-refractivity contribution in [1.82, 2.24) is 21.1 Å². The Morgan fingerprint density at radius 1 is 1.08 bits per heavy atom. The topological polar surface area (TPSA) is 96.3 Å². The summed E-state index contributed by atoms with van der Waals surface area (Å²) in [5, 5.41) is 12.2. The maximum atomic E-state index is 12.0. The van der Waals surface area contributed by atoms with Crippen LogP contribution >= 0.6 is 12.4 Å². The number of halogens is 1. The first-order chi connectivity index (χ1) is 11.7. The third kappa shape index (κ3) is 6.94. The highest BCUT2D eigenvalue weighted by molar-refractivity contribution is 5.95. The van der Waals surface area contributed by atoms with E-state index >= 15 is 0 Å². The maximum absolute atomic E-state index is 12.0. The number of amides is 2. The molecule has 1 aromatic heterocycles. The van der Waals surface area contributed by atoms with E-state index in [1.165, 1.54) is 0 Å². The molecule has 0 aliphatic carbocycles. The molecule has 0 aliphatic heterocycles. The van der Waals surface area contributed by atoms with Crippen molar-refractivity contribution in [2.24, 2.45) is 0 Å². The lowest BCUT2D eigenvalue weighted by atomic mass is 10.1. The highest BCUT2D eigenvalue weighted by Gasteiger charge is 2.14. The molecule has 0 radical (unpaired) electrons. The predicted octanol–water partition coefficient (Wildman–Crippen LogP) is 1.61. The van der Waals surface area contributed by atoms with Gasteiger partial charge in [0.15, 0.2) is 11.5 Å². The molecule has 0 spiro atoms. The molecule has 1 aromatic carbocycles. The molecule has 0 saturated carbocycles. The lowest BCUT2D eigenvalue weighted by molar-refractivity contribution is -0.120. The van der Waals surface area contributed by atoms with Crippen molar-refractivity contribution in [3.63, 3.8) is 0 Å². The largest absolute Gasteiger partial charge is 0.355 e. The van der Waals surface area contributed by atoms with Gasteiger partial charge in [-0.15, -0.1) is 12.4 Å². The minimum atomic E-state index is -0.444. The van der Waals surface area contributed by atoms with Gasteiger partial charge in [0.25, 0.3) is 5.91 Å². The fourth-order valence-corrected chi connectivity index (χ4v) is 2.03. The average Bonchev–Trinajstić information content (AvgIpc) is 3.10. The van der Waals surface area contributed by atoms with Crippen molar-refractivity contribution >= 4 is 24.2 Å². The Morgan fingerprint density at radius 2 is 1.84 bits per heavy atom. The van der Waals surface area contributed by atoms with E-state index in [0.717, 1.165) is 18.5 Å². The molecule has 0 unspecified atom stereocenters. The summed E-state index contributed by atoms with van der Waals surface area (Å²) < 4.78 is 5.16. The van der Waals surface area contributed by atoms with Crippen LogP contribution in [-0.4, -0.2) is 43.2 Å². The van der Waals surface area contributed by atoms with Gasteiger partial charge in [0.1, 0.15) is 0 Å². The van der Waals surface area contributed by atoms with Crippen molar-refractivity contribution in [3.05, 3.63) is 42.1 Å². The molecule has 0 aliphatic rings. The molecule has 1 heterocycles. The van der Waals surface area contributed by atoms with Crippen molar-refractivity contribution in [3.8, 4) is 11.3 Å². The van der Waals surface area contributed by atoms with E-state index in [1.807, 2.05) is 30.3 Å². The van der Waals surface area contributed by atoms with E-state index in [-0.39, 0.29) is 30.6 Å². The SMILES string of the molecule is CCCNCCNC(=O)CNC(=O)c1cc(-c2ccccc2)on1.Cl. The number of carbonyl (C=O) groups excluding carboxylic acids is 2. The summed E-state index contributed by atoms with van der Waals surface area (Å²) in [5.74, 6) is -0.180. The number of hydrogen-bond donors (Lipinski definition) is 3. The van der Waals surface area contributed by atoms with E-state index in [2.05, 4.69) is 28.0 Å². The molecule has 0 fully saturated rings. The minimum absolute atomic E-state index is 0. The standard InChI is InChI=1S/C17H22N4O3.ClH/c1-2-8-18-9-10-19-16(22)12-20-17(23)14-11-15(24-21-14)13-6-4-3-5-7-13;/h3-7,11,18H,2,8-10,12H2,1H3,(H,19,22)(H,20,23);1H. The van der Waals surface area contributed by atoms with Gasteiger partial charge in [0.2, 0.25) is 5.91 Å². The molecule has 2 amide bonds. The Bertz CT molecular complexity index is 661. The van der Waals surface area contributed by atoms with Crippen LogP contribution < -0.4 is 16.0 Å². The summed E-state index contributed by atoms with van der Waals surface area (Å²) in [5.41, 5.74) is 0.979. The minimum Gasteiger partial charge on any atom is -0.355 e. The zero-order chi connectivity index (χ0) is 17.2. The van der Waals surface area contributed by atoms with E-state index in [4.69, 9.17) is 4.52 Å². The van der Waals surface area contributed by atoms with Gasteiger partial charge < -0.3 is 20.5 Å². The second kappa shape index (κ2) is 11.2. The molecule has 136 valence electrons. The summed E-state index contributed by atoms with van der Waals surface area (Å²) in [6.07, 6.45) is 1.05. The molecule has 0 atom stereocenters. The Balaban J connectivity index is 0.00000312. The third-order valence-corrected chi connectivity index (χ3v) is 3.26. The summed E-state index contributed by atoms with van der Waals surface area (Å²) >= 11 is 0. The van der Waals surface area contributed by atoms with Crippen LogP contribution in [0.15, 0.2) is 40.9 Å². The van der Waals surface area contributed by atoms with Gasteiger partial charge in [-0.3, -0.25) is 9.59 Å². The number of nitrogens with zero attached hydrogens (tertiary/aromatic N) is 1. The first-order valence-electron chi connectivity index (χ1n) is 7.98. The quantitative estimate of drug-likeness (QED) is 0.586. The molecule has 3 N–H and O–H groups in total. The van der Waals surface area contributed by atoms with Crippen molar-refractivity contribution in [2.45, 2.75) is 13.3 Å². The summed E-state index contributed by atoms with van der Waals surface area (Å²) in [7, 11) is 0. The predicted molar refractivity (Wildman–Crippen MR) is 97.7 cm³/mol. The van der Waals surface area contributed by atoms with Crippen LogP contribution in [0.3, 0.4) is 0 Å². The Labute approximate surface area is 152 Å². The summed E-state index contributed by atoms with van der Waals surface area (Å²) in [6, 6.07) is 10.9. The second-order valence-electron chi connectivity index (χ2n) is 5.23. The number of rotatable bonds is 9. The van der Waals surface area contributed by atoms with Gasteiger partial charge in [-0.2, -0.15) is 0 Å². The van der Waals surface area contributed by atoms with E-state index in [1.54, 1.807) is 6.07 Å². The van der Waals surface area contributed by atoms with Crippen molar-refractivity contribution in [1.29, 1.82) is 0 Å². The average molecular weight is 367 g/mol. The van der Waals surface area contributed by atoms with Crippen LogP contribution in [0.2, 0.25) is 0 Å². The number of benzene rings is 1. The highest BCUT2D eigenvalue weighted by Crippen LogP contribution is 2.19. The second-order valence-corrected chi connectivity index (χ2v) is 5.23. The molecular formula is C17H23ClN4O3. The van der Waals surface area contributed by atoms with Crippen LogP contribution in [0.1, 0.15) is 23.8 Å². The van der Waals surface area contributed by atoms with E-state index in [9.17, 15) is 9.59 Å². The lowest BCUT2D eigenvalue weighted by Gasteiger charge is -2.06. The molecule has 2 rings (SSSR count). The number of aromatic nitrogens is 1. The highest BCUT2D eigenvalue weighted by atomic mass is 35.5. The summed E-state index contributed by atoms with van der Waals surface area (Å²) in [4.78, 5) is 23.6. The third-order valence-electron chi connectivity index (χ3n) is 3.26. The zero-order valence-corrected chi connectivity index (χ0v) is 14.9. The zero-order valence-electron chi connectivity index (χ0n) is 14.1. The van der Waals surface area contributed by atoms with Crippen molar-refractivity contribution in [2.75, 3.05) is 26.2 Å². The van der Waals surface area contributed by atoms with Crippen LogP contribution in [0.4, 0.5) is 0 Å². The van der Waals surface area contributed by atoms with Crippen LogP contribution in [0.25, 0.3) is 11.3 Å². The fourth-order valence-electron chi connectivity index (χ4n) is 2.03. The number of nitrogens with one attached hydrogen (secondary N) is 3. The molecule has 0 bridgehead atoms. The van der Waals surface area contributed by atoms with E-state index < -0.39 is 5.91 Å². The van der Waals surface area contributed by atoms with Gasteiger partial charge in [-0.25, -0.2) is 0 Å². The molecule has 2 aromatic rings. The first kappa shape index (κ1) is 20.7. The van der Waals surface area contributed by atoms with Gasteiger partial charge in [-0.05, 0) is 13.0 Å². The Hall–Kier alpha value is -2.38. The van der Waals surface area contributed by atoms with Crippen LogP contribution in [-0.2, 0) is 4.79 Å². The first-order valence-corrected chi connectivity index (χ1v) is 7.98. The fraction of sp³-hybridized carbons (Fsp3) is 0.353. The normalized spacial score (nSPS) is 9.96. The van der Waals surface area contributed by atoms with Gasteiger partial charge in [0.05, 0.1) is 6.54 Å². The lowest BCUT2D eigenvalue weighted by Crippen LogP contribution is -2.39. The van der Waals surface area contributed by atoms with Gasteiger partial charge in [0, 0.05) is 24.7 Å². The molecular weight excluding hydrogens is 344 g/mol. The Kier molecular flexibility index (Phi) is 9.28. The molecule has 7 nitrogen and oxygen atoms in total. The monoisotopic (exact) mass is 366 g/mol. The smallest absolute Gasteiger partial charge is 0.273 e. The van der Waals surface area contributed by atoms with Crippen LogP contribution in [0, 0.1) is 0 Å². The van der Waals surface area contributed by atoms with E-state index in [0.29, 0.717) is 18.8 Å². The van der Waals surface area contributed by atoms with Gasteiger partial charge >= 0.3 is 0 Å². The number of carbonyl (C=O) groups is 2. The molecule has 8 heteroatoms. The summed E-state index contributed by atoms with van der Waals surface area (Å²) in [6.45, 7) is 4.13. The number of hydrogen-bond acceptors (Lipinski definition) is 5. The molecule has 25 heavy (non-hydrogen) atoms. The van der Waals surface area contributed by atoms with Gasteiger partial charge in [-0.1, -0.05) is 42.4 Å².